The van der Waals surface area contributed by atoms with E-state index >= 15 is 0 Å². The third-order valence-electron chi connectivity index (χ3n) is 4.44. The average Bonchev–Trinajstić information content (AvgIpc) is 2.71. The molecule has 2 N–H and O–H groups in total. The largest absolute Gasteiger partial charge is 0.481 e. The van der Waals surface area contributed by atoms with Crippen LogP contribution in [0.15, 0.2) is 0 Å². The molecule has 4 nitrogen and oxygen atoms in total. The molecule has 0 aromatic heterocycles. The highest BCUT2D eigenvalue weighted by Crippen LogP contribution is 2.37. The number of amides is 1. The first-order chi connectivity index (χ1) is 8.33. The van der Waals surface area contributed by atoms with E-state index in [2.05, 4.69) is 5.32 Å². The van der Waals surface area contributed by atoms with Crippen LogP contribution in [0, 0.1) is 17.8 Å². The van der Waals surface area contributed by atoms with Gasteiger partial charge >= 0.3 is 5.97 Å². The predicted molar refractivity (Wildman–Crippen MR) is 70.1 cm³/mol. The minimum absolute atomic E-state index is 0.0852. The maximum Gasteiger partial charge on any atom is 0.307 e. The predicted octanol–water partition coefficient (Wildman–Crippen LogP) is 2.43. The molecule has 3 unspecified atom stereocenters. The van der Waals surface area contributed by atoms with Crippen LogP contribution >= 0.6 is 0 Å². The van der Waals surface area contributed by atoms with E-state index in [1.807, 2.05) is 27.7 Å². The van der Waals surface area contributed by atoms with Gasteiger partial charge in [0, 0.05) is 5.54 Å². The minimum atomic E-state index is -0.839. The van der Waals surface area contributed by atoms with E-state index in [4.69, 9.17) is 0 Å². The number of carboxylic acid groups (broad SMARTS) is 1. The summed E-state index contributed by atoms with van der Waals surface area (Å²) in [6.07, 6.45) is 3.01. The third-order valence-corrected chi connectivity index (χ3v) is 4.44. The highest BCUT2D eigenvalue weighted by molar-refractivity contribution is 5.85. The molecule has 0 heterocycles. The van der Waals surface area contributed by atoms with Crippen LogP contribution in [0.25, 0.3) is 0 Å². The maximum atomic E-state index is 12.3. The number of aliphatic carboxylic acids is 1. The van der Waals surface area contributed by atoms with Crippen LogP contribution in [0.2, 0.25) is 0 Å². The van der Waals surface area contributed by atoms with Gasteiger partial charge in [0.2, 0.25) is 5.91 Å². The van der Waals surface area contributed by atoms with Gasteiger partial charge in [-0.15, -0.1) is 0 Å². The molecule has 1 amide bonds. The summed E-state index contributed by atoms with van der Waals surface area (Å²) in [7, 11) is 0. The van der Waals surface area contributed by atoms with E-state index in [9.17, 15) is 14.7 Å². The Hall–Kier alpha value is -1.06. The quantitative estimate of drug-likeness (QED) is 0.793. The first kappa shape index (κ1) is 15.0. The van der Waals surface area contributed by atoms with Crippen LogP contribution < -0.4 is 5.32 Å². The summed E-state index contributed by atoms with van der Waals surface area (Å²) in [6, 6.07) is 0. The van der Waals surface area contributed by atoms with Crippen molar-refractivity contribution in [2.45, 2.75) is 58.9 Å². The first-order valence-corrected chi connectivity index (χ1v) is 6.87. The summed E-state index contributed by atoms with van der Waals surface area (Å²) in [5.41, 5.74) is -0.216. The van der Waals surface area contributed by atoms with Gasteiger partial charge in [0.05, 0.1) is 11.8 Å². The van der Waals surface area contributed by atoms with Crippen LogP contribution in [0.3, 0.4) is 0 Å². The van der Waals surface area contributed by atoms with Gasteiger partial charge in [-0.2, -0.15) is 0 Å². The SMILES string of the molecule is CCC(C)(CC)NC(=O)C1CC(C)CC1C(=O)O. The molecule has 1 fully saturated rings. The number of carboxylic acids is 1. The highest BCUT2D eigenvalue weighted by atomic mass is 16.4. The van der Waals surface area contributed by atoms with E-state index in [-0.39, 0.29) is 17.4 Å². The Labute approximate surface area is 109 Å². The molecule has 4 heteroatoms. The lowest BCUT2D eigenvalue weighted by atomic mass is 9.91. The van der Waals surface area contributed by atoms with Crippen molar-refractivity contribution in [2.24, 2.45) is 17.8 Å². The molecule has 1 rings (SSSR count). The fourth-order valence-corrected chi connectivity index (χ4v) is 2.67. The lowest BCUT2D eigenvalue weighted by Crippen LogP contribution is -2.48. The van der Waals surface area contributed by atoms with Crippen LogP contribution in [0.4, 0.5) is 0 Å². The van der Waals surface area contributed by atoms with Gasteiger partial charge in [0.1, 0.15) is 0 Å². The van der Waals surface area contributed by atoms with Crippen LogP contribution in [0.5, 0.6) is 0 Å². The van der Waals surface area contributed by atoms with Gasteiger partial charge in [-0.1, -0.05) is 20.8 Å². The Bertz CT molecular complexity index is 323. The minimum Gasteiger partial charge on any atom is -0.481 e. The van der Waals surface area contributed by atoms with Crippen molar-refractivity contribution < 1.29 is 14.7 Å². The standard InChI is InChI=1S/C14H25NO3/c1-5-14(4,6-2)15-12(16)10-7-9(3)8-11(10)13(17)18/h9-11H,5-8H2,1-4H3,(H,15,16)(H,17,18). The smallest absolute Gasteiger partial charge is 0.307 e. The van der Waals surface area contributed by atoms with E-state index in [1.54, 1.807) is 0 Å². The molecule has 3 atom stereocenters. The third kappa shape index (κ3) is 3.24. The summed E-state index contributed by atoms with van der Waals surface area (Å²) >= 11 is 0. The molecule has 1 aliphatic rings. The number of carbonyl (C=O) groups excluding carboxylic acids is 1. The van der Waals surface area contributed by atoms with Gasteiger partial charge in [-0.05, 0) is 38.5 Å². The van der Waals surface area contributed by atoms with Crippen molar-refractivity contribution in [1.29, 1.82) is 0 Å². The molecular weight excluding hydrogens is 230 g/mol. The summed E-state index contributed by atoms with van der Waals surface area (Å²) in [5, 5.41) is 12.2. The van der Waals surface area contributed by atoms with Gasteiger partial charge in [-0.3, -0.25) is 9.59 Å². The van der Waals surface area contributed by atoms with Crippen molar-refractivity contribution in [2.75, 3.05) is 0 Å². The van der Waals surface area contributed by atoms with Crippen molar-refractivity contribution in [3.8, 4) is 0 Å². The molecule has 104 valence electrons. The summed E-state index contributed by atoms with van der Waals surface area (Å²) in [5.74, 6) is -1.49. The zero-order valence-electron chi connectivity index (χ0n) is 11.8. The van der Waals surface area contributed by atoms with Crippen LogP contribution in [-0.4, -0.2) is 22.5 Å². The lowest BCUT2D eigenvalue weighted by Gasteiger charge is -2.30. The Morgan fingerprint density at radius 2 is 1.72 bits per heavy atom. The maximum absolute atomic E-state index is 12.3. The normalized spacial score (nSPS) is 28.1. The van der Waals surface area contributed by atoms with Gasteiger partial charge < -0.3 is 10.4 Å². The number of rotatable bonds is 5. The van der Waals surface area contributed by atoms with Gasteiger partial charge in [0.15, 0.2) is 0 Å². The molecule has 18 heavy (non-hydrogen) atoms. The van der Waals surface area contributed by atoms with Crippen molar-refractivity contribution in [1.82, 2.24) is 5.32 Å². The van der Waals surface area contributed by atoms with Gasteiger partial charge in [-0.25, -0.2) is 0 Å². The van der Waals surface area contributed by atoms with Crippen molar-refractivity contribution >= 4 is 11.9 Å². The molecule has 0 radical (unpaired) electrons. The molecule has 0 aromatic carbocycles. The molecule has 1 aliphatic carbocycles. The molecule has 0 spiro atoms. The average molecular weight is 255 g/mol. The fraction of sp³-hybridized carbons (Fsp3) is 0.857. The Kier molecular flexibility index (Phi) is 4.77. The molecule has 0 bridgehead atoms. The lowest BCUT2D eigenvalue weighted by molar-refractivity contribution is -0.146. The second kappa shape index (κ2) is 5.72. The van der Waals surface area contributed by atoms with E-state index in [1.165, 1.54) is 0 Å². The molecular formula is C14H25NO3. The van der Waals surface area contributed by atoms with E-state index in [0.29, 0.717) is 18.8 Å². The number of carbonyl (C=O) groups is 2. The van der Waals surface area contributed by atoms with E-state index < -0.39 is 11.9 Å². The summed E-state index contributed by atoms with van der Waals surface area (Å²) in [6.45, 7) is 8.10. The van der Waals surface area contributed by atoms with Crippen LogP contribution in [0.1, 0.15) is 53.4 Å². The molecule has 1 saturated carbocycles. The molecule has 0 aromatic rings. The Morgan fingerprint density at radius 1 is 1.22 bits per heavy atom. The molecule has 0 saturated heterocycles. The van der Waals surface area contributed by atoms with Crippen molar-refractivity contribution in [3.63, 3.8) is 0 Å². The number of nitrogens with one attached hydrogen (secondary N) is 1. The Morgan fingerprint density at radius 3 is 2.17 bits per heavy atom. The zero-order valence-corrected chi connectivity index (χ0v) is 11.8. The second-order valence-electron chi connectivity index (χ2n) is 5.88. The van der Waals surface area contributed by atoms with Crippen LogP contribution in [-0.2, 0) is 9.59 Å². The number of hydrogen-bond acceptors (Lipinski definition) is 2. The summed E-state index contributed by atoms with van der Waals surface area (Å²) in [4.78, 5) is 23.5. The fourth-order valence-electron chi connectivity index (χ4n) is 2.67. The van der Waals surface area contributed by atoms with Gasteiger partial charge in [0.25, 0.3) is 0 Å². The molecule has 0 aliphatic heterocycles. The first-order valence-electron chi connectivity index (χ1n) is 6.87. The Balaban J connectivity index is 2.74. The zero-order chi connectivity index (χ0) is 13.9. The van der Waals surface area contributed by atoms with E-state index in [0.717, 1.165) is 12.8 Å². The second-order valence-corrected chi connectivity index (χ2v) is 5.88. The number of hydrogen-bond donors (Lipinski definition) is 2. The topological polar surface area (TPSA) is 66.4 Å². The van der Waals surface area contributed by atoms with Crippen molar-refractivity contribution in [3.05, 3.63) is 0 Å². The monoisotopic (exact) mass is 255 g/mol. The summed E-state index contributed by atoms with van der Waals surface area (Å²) < 4.78 is 0. The highest BCUT2D eigenvalue weighted by Gasteiger charge is 2.42.